The summed E-state index contributed by atoms with van der Waals surface area (Å²) in [5.74, 6) is 0. The van der Waals surface area contributed by atoms with Crippen LogP contribution in [0.2, 0.25) is 0 Å². The first-order valence-electron chi connectivity index (χ1n) is 4.28. The standard InChI is InChI=1S/C7H14ClNO3S/c1-3-7-5-12-6(2)4-9(7)13(8,10)11/h6-7H,3-5H2,1-2H3. The number of morpholine rings is 1. The van der Waals surface area contributed by atoms with Crippen molar-refractivity contribution in [3.63, 3.8) is 0 Å². The number of hydrogen-bond acceptors (Lipinski definition) is 3. The Labute approximate surface area is 83.4 Å². The Balaban J connectivity index is 2.77. The molecule has 0 aromatic carbocycles. The molecule has 0 aromatic rings. The third kappa shape index (κ3) is 2.80. The van der Waals surface area contributed by atoms with E-state index in [9.17, 15) is 8.42 Å². The van der Waals surface area contributed by atoms with Gasteiger partial charge in [0, 0.05) is 23.3 Å². The van der Waals surface area contributed by atoms with E-state index in [0.717, 1.165) is 6.42 Å². The van der Waals surface area contributed by atoms with Crippen LogP contribution in [-0.2, 0) is 14.0 Å². The lowest BCUT2D eigenvalue weighted by molar-refractivity contribution is -0.0222. The lowest BCUT2D eigenvalue weighted by atomic mass is 10.2. The van der Waals surface area contributed by atoms with Gasteiger partial charge < -0.3 is 4.74 Å². The molecule has 0 N–H and O–H groups in total. The molecule has 13 heavy (non-hydrogen) atoms. The van der Waals surface area contributed by atoms with Gasteiger partial charge in [-0.25, -0.2) is 0 Å². The van der Waals surface area contributed by atoms with E-state index < -0.39 is 9.24 Å². The molecule has 1 heterocycles. The Morgan fingerprint density at radius 3 is 2.69 bits per heavy atom. The molecule has 2 atom stereocenters. The minimum atomic E-state index is -3.59. The zero-order valence-corrected chi connectivity index (χ0v) is 9.31. The summed E-state index contributed by atoms with van der Waals surface area (Å²) in [5, 5.41) is 0. The fourth-order valence-corrected chi connectivity index (χ4v) is 2.86. The molecule has 0 saturated carbocycles. The molecule has 1 aliphatic heterocycles. The van der Waals surface area contributed by atoms with Crippen LogP contribution in [0.4, 0.5) is 0 Å². The minimum absolute atomic E-state index is 0.0728. The van der Waals surface area contributed by atoms with Crippen LogP contribution in [0.5, 0.6) is 0 Å². The molecule has 6 heteroatoms. The van der Waals surface area contributed by atoms with Crippen LogP contribution in [0.3, 0.4) is 0 Å². The molecule has 0 amide bonds. The molecular formula is C7H14ClNO3S. The predicted octanol–water partition coefficient (Wildman–Crippen LogP) is 0.969. The summed E-state index contributed by atoms with van der Waals surface area (Å²) in [6.45, 7) is 4.54. The van der Waals surface area contributed by atoms with Crippen LogP contribution in [0, 0.1) is 0 Å². The number of nitrogens with zero attached hydrogens (tertiary/aromatic N) is 1. The van der Waals surface area contributed by atoms with Crippen molar-refractivity contribution < 1.29 is 13.2 Å². The molecule has 0 bridgehead atoms. The highest BCUT2D eigenvalue weighted by molar-refractivity contribution is 8.11. The largest absolute Gasteiger partial charge is 0.375 e. The number of rotatable bonds is 2. The molecule has 1 saturated heterocycles. The first-order chi connectivity index (χ1) is 5.95. The number of halogens is 1. The van der Waals surface area contributed by atoms with Gasteiger partial charge in [-0.1, -0.05) is 6.92 Å². The fraction of sp³-hybridized carbons (Fsp3) is 1.00. The second-order valence-corrected chi connectivity index (χ2v) is 5.68. The Morgan fingerprint density at radius 1 is 1.62 bits per heavy atom. The van der Waals surface area contributed by atoms with Crippen molar-refractivity contribution >= 4 is 19.9 Å². The summed E-state index contributed by atoms with van der Waals surface area (Å²) >= 11 is 0. The second kappa shape index (κ2) is 4.13. The van der Waals surface area contributed by atoms with Gasteiger partial charge in [-0.3, -0.25) is 0 Å². The molecule has 1 rings (SSSR count). The minimum Gasteiger partial charge on any atom is -0.375 e. The summed E-state index contributed by atoms with van der Waals surface area (Å²) in [6.07, 6.45) is 0.648. The van der Waals surface area contributed by atoms with Crippen LogP contribution in [-0.4, -0.2) is 38.0 Å². The first-order valence-corrected chi connectivity index (χ1v) is 6.54. The summed E-state index contributed by atoms with van der Waals surface area (Å²) in [6, 6.07) is -0.112. The van der Waals surface area contributed by atoms with Gasteiger partial charge in [0.1, 0.15) is 0 Å². The quantitative estimate of drug-likeness (QED) is 0.661. The zero-order chi connectivity index (χ0) is 10.1. The molecule has 78 valence electrons. The summed E-state index contributed by atoms with van der Waals surface area (Å²) in [4.78, 5) is 0. The van der Waals surface area contributed by atoms with Crippen LogP contribution in [0.15, 0.2) is 0 Å². The van der Waals surface area contributed by atoms with Gasteiger partial charge in [0.25, 0.3) is 9.24 Å². The highest BCUT2D eigenvalue weighted by atomic mass is 35.7. The Hall–Kier alpha value is 0.160. The van der Waals surface area contributed by atoms with Gasteiger partial charge in [0.2, 0.25) is 0 Å². The maximum Gasteiger partial charge on any atom is 0.300 e. The Bertz CT molecular complexity index is 267. The van der Waals surface area contributed by atoms with Gasteiger partial charge in [-0.15, -0.1) is 0 Å². The van der Waals surface area contributed by atoms with Crippen molar-refractivity contribution in [2.45, 2.75) is 32.4 Å². The molecule has 2 unspecified atom stereocenters. The van der Waals surface area contributed by atoms with E-state index >= 15 is 0 Å². The number of hydrogen-bond donors (Lipinski definition) is 0. The van der Waals surface area contributed by atoms with Crippen LogP contribution in [0.1, 0.15) is 20.3 Å². The predicted molar refractivity (Wildman–Crippen MR) is 51.0 cm³/mol. The van der Waals surface area contributed by atoms with E-state index in [1.165, 1.54) is 4.31 Å². The fourth-order valence-electron chi connectivity index (χ4n) is 1.40. The van der Waals surface area contributed by atoms with Gasteiger partial charge in [0.15, 0.2) is 0 Å². The van der Waals surface area contributed by atoms with Crippen molar-refractivity contribution in [3.8, 4) is 0 Å². The molecule has 1 fully saturated rings. The lowest BCUT2D eigenvalue weighted by Crippen LogP contribution is -2.49. The van der Waals surface area contributed by atoms with Crippen LogP contribution in [0.25, 0.3) is 0 Å². The zero-order valence-electron chi connectivity index (χ0n) is 7.73. The van der Waals surface area contributed by atoms with Gasteiger partial charge in [-0.2, -0.15) is 12.7 Å². The Morgan fingerprint density at radius 2 is 2.23 bits per heavy atom. The topological polar surface area (TPSA) is 46.6 Å². The molecule has 0 aromatic heterocycles. The van der Waals surface area contributed by atoms with Gasteiger partial charge in [-0.05, 0) is 13.3 Å². The molecular weight excluding hydrogens is 214 g/mol. The summed E-state index contributed by atoms with van der Waals surface area (Å²) in [5.41, 5.74) is 0. The molecule has 0 aliphatic carbocycles. The van der Waals surface area contributed by atoms with E-state index in [-0.39, 0.29) is 12.1 Å². The maximum atomic E-state index is 11.1. The van der Waals surface area contributed by atoms with Gasteiger partial charge >= 0.3 is 0 Å². The first kappa shape index (κ1) is 11.2. The van der Waals surface area contributed by atoms with E-state index in [4.69, 9.17) is 15.4 Å². The number of ether oxygens (including phenoxy) is 1. The summed E-state index contributed by atoms with van der Waals surface area (Å²) < 4.78 is 28.9. The van der Waals surface area contributed by atoms with E-state index in [0.29, 0.717) is 13.2 Å². The third-order valence-corrected chi connectivity index (χ3v) is 3.71. The highest BCUT2D eigenvalue weighted by Crippen LogP contribution is 2.20. The smallest absolute Gasteiger partial charge is 0.300 e. The van der Waals surface area contributed by atoms with E-state index in [2.05, 4.69) is 0 Å². The normalized spacial score (nSPS) is 31.9. The van der Waals surface area contributed by atoms with Crippen molar-refractivity contribution in [3.05, 3.63) is 0 Å². The van der Waals surface area contributed by atoms with Crippen molar-refractivity contribution in [1.29, 1.82) is 0 Å². The Kier molecular flexibility index (Phi) is 3.57. The van der Waals surface area contributed by atoms with E-state index in [1.54, 1.807) is 0 Å². The summed E-state index contributed by atoms with van der Waals surface area (Å²) in [7, 11) is 1.70. The molecule has 0 radical (unpaired) electrons. The third-order valence-electron chi connectivity index (χ3n) is 2.17. The van der Waals surface area contributed by atoms with E-state index in [1.807, 2.05) is 13.8 Å². The molecule has 4 nitrogen and oxygen atoms in total. The molecule has 1 aliphatic rings. The van der Waals surface area contributed by atoms with Gasteiger partial charge in [0.05, 0.1) is 12.7 Å². The van der Waals surface area contributed by atoms with Crippen LogP contribution < -0.4 is 0 Å². The lowest BCUT2D eigenvalue weighted by Gasteiger charge is -2.35. The second-order valence-electron chi connectivity index (χ2n) is 3.22. The van der Waals surface area contributed by atoms with Crippen LogP contribution >= 0.6 is 10.7 Å². The molecule has 0 spiro atoms. The monoisotopic (exact) mass is 227 g/mol. The highest BCUT2D eigenvalue weighted by Gasteiger charge is 2.33. The van der Waals surface area contributed by atoms with Crippen molar-refractivity contribution in [2.24, 2.45) is 0 Å². The SMILES string of the molecule is CCC1COC(C)CN1S(=O)(=O)Cl. The average molecular weight is 228 g/mol. The van der Waals surface area contributed by atoms with Crippen molar-refractivity contribution in [1.82, 2.24) is 4.31 Å². The average Bonchev–Trinajstić information content (AvgIpc) is 2.03. The van der Waals surface area contributed by atoms with Crippen molar-refractivity contribution in [2.75, 3.05) is 13.2 Å². The maximum absolute atomic E-state index is 11.1.